The quantitative estimate of drug-likeness (QED) is 0.638. The zero-order chi connectivity index (χ0) is 22.4. The molecule has 1 fully saturated rings. The minimum atomic E-state index is -0.0273. The van der Waals surface area contributed by atoms with E-state index in [2.05, 4.69) is 4.90 Å². The van der Waals surface area contributed by atoms with Gasteiger partial charge in [0, 0.05) is 49.9 Å². The van der Waals surface area contributed by atoms with Crippen molar-refractivity contribution in [2.45, 2.75) is 6.54 Å². The fourth-order valence-electron chi connectivity index (χ4n) is 3.75. The van der Waals surface area contributed by atoms with Gasteiger partial charge in [-0.15, -0.1) is 0 Å². The van der Waals surface area contributed by atoms with Crippen LogP contribution in [0.3, 0.4) is 0 Å². The van der Waals surface area contributed by atoms with Crippen molar-refractivity contribution in [3.63, 3.8) is 0 Å². The summed E-state index contributed by atoms with van der Waals surface area (Å²) in [6.45, 7) is 3.47. The molecule has 0 radical (unpaired) electrons. The zero-order valence-corrected chi connectivity index (χ0v) is 18.8. The maximum atomic E-state index is 13.0. The van der Waals surface area contributed by atoms with Crippen molar-refractivity contribution >= 4 is 5.91 Å². The van der Waals surface area contributed by atoms with Crippen molar-refractivity contribution in [3.8, 4) is 28.7 Å². The molecule has 0 N–H and O–H groups in total. The Balaban J connectivity index is 1.67. The van der Waals surface area contributed by atoms with Crippen molar-refractivity contribution in [3.05, 3.63) is 41.5 Å². The van der Waals surface area contributed by atoms with Crippen LogP contribution in [0.4, 0.5) is 0 Å². The average molecular weight is 431 g/mol. The molecule has 1 aliphatic rings. The summed E-state index contributed by atoms with van der Waals surface area (Å²) in [7, 11) is 7.97. The number of benzene rings is 2. The lowest BCUT2D eigenvalue weighted by molar-refractivity contribution is 0.0626. The highest BCUT2D eigenvalue weighted by Crippen LogP contribution is 2.40. The van der Waals surface area contributed by atoms with Crippen LogP contribution >= 0.6 is 0 Å². The van der Waals surface area contributed by atoms with E-state index in [0.29, 0.717) is 53.9 Å². The van der Waals surface area contributed by atoms with Gasteiger partial charge in [0.15, 0.2) is 11.5 Å². The molecular weight excluding hydrogens is 400 g/mol. The summed E-state index contributed by atoms with van der Waals surface area (Å²) in [4.78, 5) is 17.2. The highest BCUT2D eigenvalue weighted by atomic mass is 16.5. The second kappa shape index (κ2) is 10.3. The molecule has 8 nitrogen and oxygen atoms in total. The van der Waals surface area contributed by atoms with Gasteiger partial charge in [0.05, 0.1) is 35.5 Å². The highest BCUT2D eigenvalue weighted by Gasteiger charge is 2.25. The molecule has 1 amide bonds. The van der Waals surface area contributed by atoms with Crippen LogP contribution in [0.2, 0.25) is 0 Å². The second-order valence-electron chi connectivity index (χ2n) is 7.16. The van der Waals surface area contributed by atoms with E-state index in [1.165, 1.54) is 0 Å². The van der Waals surface area contributed by atoms with Crippen LogP contribution in [0, 0.1) is 0 Å². The first kappa shape index (κ1) is 22.6. The number of hydrogen-bond donors (Lipinski definition) is 0. The minimum absolute atomic E-state index is 0.0273. The van der Waals surface area contributed by atoms with Crippen LogP contribution in [-0.4, -0.2) is 77.4 Å². The summed E-state index contributed by atoms with van der Waals surface area (Å²) < 4.78 is 27.0. The van der Waals surface area contributed by atoms with Crippen LogP contribution in [0.25, 0.3) is 0 Å². The molecule has 8 heteroatoms. The van der Waals surface area contributed by atoms with E-state index in [9.17, 15) is 4.79 Å². The van der Waals surface area contributed by atoms with Crippen LogP contribution < -0.4 is 23.7 Å². The van der Waals surface area contributed by atoms with Gasteiger partial charge in [-0.3, -0.25) is 9.69 Å². The summed E-state index contributed by atoms with van der Waals surface area (Å²) in [6, 6.07) is 9.11. The Morgan fingerprint density at radius 1 is 0.774 bits per heavy atom. The van der Waals surface area contributed by atoms with Gasteiger partial charge in [0.2, 0.25) is 5.75 Å². The number of carbonyl (C=O) groups is 1. The number of hydrogen-bond acceptors (Lipinski definition) is 7. The maximum Gasteiger partial charge on any atom is 0.254 e. The number of amides is 1. The van der Waals surface area contributed by atoms with E-state index in [0.717, 1.165) is 18.7 Å². The van der Waals surface area contributed by atoms with Crippen LogP contribution in [0.15, 0.2) is 30.3 Å². The Hall–Kier alpha value is -3.13. The Morgan fingerprint density at radius 3 is 1.90 bits per heavy atom. The number of carbonyl (C=O) groups excluding carboxylic acids is 1. The highest BCUT2D eigenvalue weighted by molar-refractivity contribution is 5.95. The second-order valence-corrected chi connectivity index (χ2v) is 7.16. The summed E-state index contributed by atoms with van der Waals surface area (Å²) in [5.74, 6) is 3.06. The van der Waals surface area contributed by atoms with Gasteiger partial charge in [-0.05, 0) is 18.2 Å². The average Bonchev–Trinajstić information content (AvgIpc) is 2.83. The minimum Gasteiger partial charge on any atom is -0.497 e. The Labute approximate surface area is 183 Å². The van der Waals surface area contributed by atoms with Gasteiger partial charge in [-0.25, -0.2) is 0 Å². The largest absolute Gasteiger partial charge is 0.497 e. The molecule has 2 aromatic rings. The van der Waals surface area contributed by atoms with E-state index in [4.69, 9.17) is 23.7 Å². The molecule has 1 heterocycles. The van der Waals surface area contributed by atoms with Crippen molar-refractivity contribution in [2.24, 2.45) is 0 Å². The van der Waals surface area contributed by atoms with Gasteiger partial charge in [0.25, 0.3) is 5.91 Å². The van der Waals surface area contributed by atoms with Gasteiger partial charge >= 0.3 is 0 Å². The summed E-state index contributed by atoms with van der Waals surface area (Å²) >= 11 is 0. The Bertz CT molecular complexity index is 887. The first-order chi connectivity index (χ1) is 15.0. The molecule has 168 valence electrons. The molecule has 31 heavy (non-hydrogen) atoms. The fourth-order valence-corrected chi connectivity index (χ4v) is 3.75. The third kappa shape index (κ3) is 4.96. The number of ether oxygens (including phenoxy) is 5. The van der Waals surface area contributed by atoms with Crippen molar-refractivity contribution < 1.29 is 28.5 Å². The number of nitrogens with zero attached hydrogens (tertiary/aromatic N) is 2. The molecule has 1 saturated heterocycles. The lowest BCUT2D eigenvalue weighted by Gasteiger charge is -2.35. The molecule has 0 saturated carbocycles. The number of piperazine rings is 1. The topological polar surface area (TPSA) is 69.7 Å². The lowest BCUT2D eigenvalue weighted by atomic mass is 10.1. The van der Waals surface area contributed by atoms with E-state index >= 15 is 0 Å². The van der Waals surface area contributed by atoms with E-state index in [1.54, 1.807) is 53.7 Å². The van der Waals surface area contributed by atoms with Crippen molar-refractivity contribution in [1.29, 1.82) is 0 Å². The Morgan fingerprint density at radius 2 is 1.39 bits per heavy atom. The molecule has 0 atom stereocenters. The predicted octanol–water partition coefficient (Wildman–Crippen LogP) is 2.69. The van der Waals surface area contributed by atoms with Gasteiger partial charge < -0.3 is 28.6 Å². The summed E-state index contributed by atoms with van der Waals surface area (Å²) in [5.41, 5.74) is 1.57. The molecule has 1 aliphatic heterocycles. The van der Waals surface area contributed by atoms with Gasteiger partial charge in [0.1, 0.15) is 11.5 Å². The Kier molecular flexibility index (Phi) is 7.46. The van der Waals surface area contributed by atoms with Crippen LogP contribution in [0.5, 0.6) is 28.7 Å². The monoisotopic (exact) mass is 430 g/mol. The van der Waals surface area contributed by atoms with Crippen LogP contribution in [0.1, 0.15) is 15.9 Å². The third-order valence-corrected chi connectivity index (χ3v) is 5.44. The first-order valence-corrected chi connectivity index (χ1v) is 10.1. The molecule has 0 spiro atoms. The van der Waals surface area contributed by atoms with E-state index in [-0.39, 0.29) is 5.91 Å². The smallest absolute Gasteiger partial charge is 0.254 e. The third-order valence-electron chi connectivity index (χ3n) is 5.44. The molecule has 0 bridgehead atoms. The number of rotatable bonds is 8. The molecule has 0 aromatic heterocycles. The summed E-state index contributed by atoms with van der Waals surface area (Å²) in [5, 5.41) is 0. The molecule has 0 aliphatic carbocycles. The predicted molar refractivity (Wildman–Crippen MR) is 117 cm³/mol. The van der Waals surface area contributed by atoms with E-state index < -0.39 is 0 Å². The van der Waals surface area contributed by atoms with Gasteiger partial charge in [-0.1, -0.05) is 6.07 Å². The molecule has 0 unspecified atom stereocenters. The lowest BCUT2D eigenvalue weighted by Crippen LogP contribution is -2.48. The molecule has 3 rings (SSSR count). The SMILES string of the molecule is COc1cc(OC)cc(C(=O)N2CCN(Cc3ccc(OC)c(OC)c3OC)CC2)c1. The standard InChI is InChI=1S/C23H30N2O6/c1-27-18-12-17(13-19(14-18)28-2)23(26)25-10-8-24(9-11-25)15-16-6-7-20(29-3)22(31-5)21(16)30-4/h6-7,12-14H,8-11,15H2,1-5H3. The summed E-state index contributed by atoms with van der Waals surface area (Å²) in [6.07, 6.45) is 0. The van der Waals surface area contributed by atoms with Crippen molar-refractivity contribution in [2.75, 3.05) is 61.7 Å². The van der Waals surface area contributed by atoms with Crippen molar-refractivity contribution in [1.82, 2.24) is 9.80 Å². The van der Waals surface area contributed by atoms with Crippen LogP contribution in [-0.2, 0) is 6.54 Å². The number of methoxy groups -OCH3 is 5. The zero-order valence-electron chi connectivity index (χ0n) is 18.8. The van der Waals surface area contributed by atoms with E-state index in [1.807, 2.05) is 17.0 Å². The molecule has 2 aromatic carbocycles. The first-order valence-electron chi connectivity index (χ1n) is 10.1. The normalized spacial score (nSPS) is 14.2. The maximum absolute atomic E-state index is 13.0. The molecular formula is C23H30N2O6. The fraction of sp³-hybridized carbons (Fsp3) is 0.435. The van der Waals surface area contributed by atoms with Gasteiger partial charge in [-0.2, -0.15) is 0 Å².